The molecule has 0 aliphatic rings. The van der Waals surface area contributed by atoms with Gasteiger partial charge in [-0.1, -0.05) is 12.1 Å². The first kappa shape index (κ1) is 12.5. The summed E-state index contributed by atoms with van der Waals surface area (Å²) in [7, 11) is 1.53. The summed E-state index contributed by atoms with van der Waals surface area (Å²) in [5, 5.41) is 3.69. The van der Waals surface area contributed by atoms with Crippen LogP contribution in [0.15, 0.2) is 36.5 Å². The number of ether oxygens (including phenoxy) is 1. The molecule has 0 N–H and O–H groups in total. The van der Waals surface area contributed by atoms with Crippen LogP contribution in [0.3, 0.4) is 0 Å². The van der Waals surface area contributed by atoms with Crippen LogP contribution >= 0.6 is 0 Å². The van der Waals surface area contributed by atoms with Crippen molar-refractivity contribution >= 4 is 0 Å². The third-order valence-corrected chi connectivity index (χ3v) is 2.50. The maximum absolute atomic E-state index is 12.6. The largest absolute Gasteiger partial charge is 0.497 e. The van der Waals surface area contributed by atoms with Crippen LogP contribution in [0.1, 0.15) is 11.3 Å². The first-order valence-corrected chi connectivity index (χ1v) is 5.22. The highest BCUT2D eigenvalue weighted by Gasteiger charge is 2.34. The van der Waals surface area contributed by atoms with Gasteiger partial charge in [-0.2, -0.15) is 18.3 Å². The van der Waals surface area contributed by atoms with Crippen molar-refractivity contribution in [2.24, 2.45) is 0 Å². The summed E-state index contributed by atoms with van der Waals surface area (Å²) in [6, 6.07) is 7.78. The highest BCUT2D eigenvalue weighted by molar-refractivity contribution is 5.27. The SMILES string of the molecule is COc1ccc(Cn2nccc2C(F)(F)F)cc1. The van der Waals surface area contributed by atoms with Gasteiger partial charge in [0.05, 0.1) is 13.7 Å². The number of benzene rings is 1. The number of methoxy groups -OCH3 is 1. The summed E-state index contributed by atoms with van der Waals surface area (Å²) in [5.74, 6) is 0.662. The fraction of sp³-hybridized carbons (Fsp3) is 0.250. The highest BCUT2D eigenvalue weighted by atomic mass is 19.4. The van der Waals surface area contributed by atoms with Gasteiger partial charge in [-0.25, -0.2) is 0 Å². The molecule has 2 rings (SSSR count). The molecule has 3 nitrogen and oxygen atoms in total. The molecule has 0 amide bonds. The molecule has 0 radical (unpaired) electrons. The zero-order valence-corrected chi connectivity index (χ0v) is 9.61. The van der Waals surface area contributed by atoms with Crippen molar-refractivity contribution in [3.8, 4) is 5.75 Å². The van der Waals surface area contributed by atoms with E-state index >= 15 is 0 Å². The molecule has 2 aromatic rings. The second kappa shape index (κ2) is 4.72. The average molecular weight is 256 g/mol. The van der Waals surface area contributed by atoms with Gasteiger partial charge in [0.15, 0.2) is 0 Å². The summed E-state index contributed by atoms with van der Waals surface area (Å²) < 4.78 is 43.8. The third kappa shape index (κ3) is 2.64. The quantitative estimate of drug-likeness (QED) is 0.844. The van der Waals surface area contributed by atoms with Gasteiger partial charge in [0.2, 0.25) is 0 Å². The smallest absolute Gasteiger partial charge is 0.433 e. The van der Waals surface area contributed by atoms with Crippen LogP contribution in [0.2, 0.25) is 0 Å². The van der Waals surface area contributed by atoms with Gasteiger partial charge < -0.3 is 4.74 Å². The fourth-order valence-corrected chi connectivity index (χ4v) is 1.60. The number of hydrogen-bond acceptors (Lipinski definition) is 2. The Balaban J connectivity index is 2.21. The highest BCUT2D eigenvalue weighted by Crippen LogP contribution is 2.29. The zero-order valence-electron chi connectivity index (χ0n) is 9.61. The Labute approximate surface area is 102 Å². The second-order valence-electron chi connectivity index (χ2n) is 3.72. The van der Waals surface area contributed by atoms with Crippen molar-refractivity contribution in [3.63, 3.8) is 0 Å². The van der Waals surface area contributed by atoms with Gasteiger partial charge in [0.25, 0.3) is 0 Å². The predicted molar refractivity (Wildman–Crippen MR) is 59.3 cm³/mol. The molecule has 0 saturated heterocycles. The minimum Gasteiger partial charge on any atom is -0.497 e. The van der Waals surface area contributed by atoms with Crippen molar-refractivity contribution in [2.75, 3.05) is 7.11 Å². The van der Waals surface area contributed by atoms with Gasteiger partial charge in [-0.05, 0) is 23.8 Å². The van der Waals surface area contributed by atoms with Crippen molar-refractivity contribution < 1.29 is 17.9 Å². The first-order valence-electron chi connectivity index (χ1n) is 5.22. The summed E-state index contributed by atoms with van der Waals surface area (Å²) in [4.78, 5) is 0. The standard InChI is InChI=1S/C12H11F3N2O/c1-18-10-4-2-9(3-5-10)8-17-11(6-7-16-17)12(13,14)15/h2-7H,8H2,1H3. The van der Waals surface area contributed by atoms with Crippen LogP contribution in [0.25, 0.3) is 0 Å². The number of nitrogens with zero attached hydrogens (tertiary/aromatic N) is 2. The lowest BCUT2D eigenvalue weighted by atomic mass is 10.2. The molecule has 1 aromatic heterocycles. The fourth-order valence-electron chi connectivity index (χ4n) is 1.60. The van der Waals surface area contributed by atoms with E-state index < -0.39 is 11.9 Å². The number of rotatable bonds is 3. The van der Waals surface area contributed by atoms with Crippen LogP contribution in [0.4, 0.5) is 13.2 Å². The number of aromatic nitrogens is 2. The monoisotopic (exact) mass is 256 g/mol. The average Bonchev–Trinajstić information content (AvgIpc) is 2.78. The summed E-state index contributed by atoms with van der Waals surface area (Å²) in [5.41, 5.74) is -0.0247. The Bertz CT molecular complexity index is 517. The molecular weight excluding hydrogens is 245 g/mol. The number of halogens is 3. The first-order chi connectivity index (χ1) is 8.50. The second-order valence-corrected chi connectivity index (χ2v) is 3.72. The van der Waals surface area contributed by atoms with Gasteiger partial charge in [-0.3, -0.25) is 4.68 Å². The van der Waals surface area contributed by atoms with Gasteiger partial charge in [0, 0.05) is 6.20 Å². The summed E-state index contributed by atoms with van der Waals surface area (Å²) >= 11 is 0. The minimum atomic E-state index is -4.39. The topological polar surface area (TPSA) is 27.1 Å². The Morgan fingerprint density at radius 2 is 1.83 bits per heavy atom. The summed E-state index contributed by atoms with van der Waals surface area (Å²) in [6.07, 6.45) is -3.24. The Hall–Kier alpha value is -1.98. The van der Waals surface area contributed by atoms with E-state index in [1.54, 1.807) is 24.3 Å². The number of alkyl halides is 3. The third-order valence-electron chi connectivity index (χ3n) is 2.50. The van der Waals surface area contributed by atoms with E-state index in [1.165, 1.54) is 7.11 Å². The molecule has 0 unspecified atom stereocenters. The van der Waals surface area contributed by atoms with E-state index in [2.05, 4.69) is 5.10 Å². The van der Waals surface area contributed by atoms with Gasteiger partial charge in [0.1, 0.15) is 11.4 Å². The Morgan fingerprint density at radius 1 is 1.17 bits per heavy atom. The van der Waals surface area contributed by atoms with Crippen LogP contribution in [0.5, 0.6) is 5.75 Å². The van der Waals surface area contributed by atoms with E-state index in [0.717, 1.165) is 22.5 Å². The van der Waals surface area contributed by atoms with Crippen molar-refractivity contribution in [1.82, 2.24) is 9.78 Å². The molecule has 1 heterocycles. The molecule has 1 aromatic carbocycles. The predicted octanol–water partition coefficient (Wildman–Crippen LogP) is 2.96. The lowest BCUT2D eigenvalue weighted by molar-refractivity contribution is -0.144. The van der Waals surface area contributed by atoms with E-state index in [-0.39, 0.29) is 6.54 Å². The number of hydrogen-bond donors (Lipinski definition) is 0. The molecule has 0 saturated carbocycles. The Kier molecular flexibility index (Phi) is 3.27. The van der Waals surface area contributed by atoms with Crippen LogP contribution in [0, 0.1) is 0 Å². The van der Waals surface area contributed by atoms with Crippen molar-refractivity contribution in [1.29, 1.82) is 0 Å². The molecule has 0 spiro atoms. The molecule has 0 bridgehead atoms. The van der Waals surface area contributed by atoms with Crippen LogP contribution in [-0.2, 0) is 12.7 Å². The van der Waals surface area contributed by atoms with Crippen LogP contribution < -0.4 is 4.74 Å². The molecule has 96 valence electrons. The lowest BCUT2D eigenvalue weighted by Crippen LogP contribution is -2.15. The molecule has 0 atom stereocenters. The van der Waals surface area contributed by atoms with E-state index in [0.29, 0.717) is 5.75 Å². The minimum absolute atomic E-state index is 0.0752. The summed E-state index contributed by atoms with van der Waals surface area (Å²) in [6.45, 7) is 0.0752. The van der Waals surface area contributed by atoms with E-state index in [1.807, 2.05) is 0 Å². The molecular formula is C12H11F3N2O. The lowest BCUT2D eigenvalue weighted by Gasteiger charge is -2.10. The zero-order chi connectivity index (χ0) is 13.2. The van der Waals surface area contributed by atoms with Gasteiger partial charge in [-0.15, -0.1) is 0 Å². The van der Waals surface area contributed by atoms with Crippen molar-refractivity contribution in [3.05, 3.63) is 47.8 Å². The molecule has 0 aliphatic carbocycles. The maximum atomic E-state index is 12.6. The Morgan fingerprint density at radius 3 is 2.39 bits per heavy atom. The van der Waals surface area contributed by atoms with E-state index in [9.17, 15) is 13.2 Å². The maximum Gasteiger partial charge on any atom is 0.433 e. The molecule has 18 heavy (non-hydrogen) atoms. The van der Waals surface area contributed by atoms with Crippen molar-refractivity contribution in [2.45, 2.75) is 12.7 Å². The molecule has 0 aliphatic heterocycles. The normalized spacial score (nSPS) is 11.6. The van der Waals surface area contributed by atoms with Crippen LogP contribution in [-0.4, -0.2) is 16.9 Å². The molecule has 6 heteroatoms. The van der Waals surface area contributed by atoms with E-state index in [4.69, 9.17) is 4.74 Å². The van der Waals surface area contributed by atoms with Gasteiger partial charge >= 0.3 is 6.18 Å². The molecule has 0 fully saturated rings.